The lowest BCUT2D eigenvalue weighted by Gasteiger charge is -2.32. The zero-order valence-electron chi connectivity index (χ0n) is 20.2. The predicted molar refractivity (Wildman–Crippen MR) is 136 cm³/mol. The Bertz CT molecular complexity index is 1340. The molecule has 1 saturated carbocycles. The van der Waals surface area contributed by atoms with Crippen molar-refractivity contribution in [3.8, 4) is 5.75 Å². The summed E-state index contributed by atoms with van der Waals surface area (Å²) < 4.78 is 16.4. The summed E-state index contributed by atoms with van der Waals surface area (Å²) in [5.41, 5.74) is 4.01. The molecule has 180 valence electrons. The van der Waals surface area contributed by atoms with Gasteiger partial charge in [-0.3, -0.25) is 4.79 Å². The number of aromatic nitrogens is 3. The molecule has 0 radical (unpaired) electrons. The molecule has 3 heterocycles. The fraction of sp³-hybridized carbons (Fsp3) is 0.379. The zero-order valence-corrected chi connectivity index (χ0v) is 20.2. The molecule has 3 aliphatic rings. The second-order valence-electron chi connectivity index (χ2n) is 9.74. The van der Waals surface area contributed by atoms with Gasteiger partial charge in [0.25, 0.3) is 0 Å². The maximum absolute atomic E-state index is 12.1. The summed E-state index contributed by atoms with van der Waals surface area (Å²) in [6.07, 6.45) is 12.7. The zero-order chi connectivity index (χ0) is 23.8. The molecule has 0 spiro atoms. The first-order valence-electron chi connectivity index (χ1n) is 12.7. The first-order chi connectivity index (χ1) is 17.2. The summed E-state index contributed by atoms with van der Waals surface area (Å²) in [7, 11) is 1.78. The first kappa shape index (κ1) is 22.1. The highest BCUT2D eigenvalue weighted by Gasteiger charge is 2.34. The lowest BCUT2D eigenvalue weighted by Crippen LogP contribution is -2.25. The Morgan fingerprint density at radius 1 is 1.03 bits per heavy atom. The molecule has 35 heavy (non-hydrogen) atoms. The van der Waals surface area contributed by atoms with Gasteiger partial charge in [0.05, 0.1) is 5.69 Å². The van der Waals surface area contributed by atoms with Gasteiger partial charge < -0.3 is 18.6 Å². The molecule has 0 unspecified atom stereocenters. The van der Waals surface area contributed by atoms with Gasteiger partial charge in [-0.05, 0) is 50.3 Å². The fourth-order valence-electron chi connectivity index (χ4n) is 5.34. The molecular weight excluding hydrogens is 438 g/mol. The predicted octanol–water partition coefficient (Wildman–Crippen LogP) is 5.26. The van der Waals surface area contributed by atoms with Crippen LogP contribution in [0.1, 0.15) is 66.8 Å². The van der Waals surface area contributed by atoms with E-state index in [1.54, 1.807) is 17.7 Å². The van der Waals surface area contributed by atoms with Crippen LogP contribution in [0.25, 0.3) is 11.3 Å². The molecule has 6 heteroatoms. The summed E-state index contributed by atoms with van der Waals surface area (Å²) in [5, 5.41) is 0. The summed E-state index contributed by atoms with van der Waals surface area (Å²) >= 11 is 0. The van der Waals surface area contributed by atoms with Crippen LogP contribution in [0, 0.1) is 0 Å². The highest BCUT2D eigenvalue weighted by Crippen LogP contribution is 2.42. The molecular formula is C29H31N3O3. The molecule has 2 fully saturated rings. The van der Waals surface area contributed by atoms with E-state index >= 15 is 0 Å². The monoisotopic (exact) mass is 469 g/mol. The van der Waals surface area contributed by atoms with Crippen LogP contribution in [0.4, 0.5) is 0 Å². The smallest absolute Gasteiger partial charge is 0.250 e. The largest absolute Gasteiger partial charge is 0.454 e. The van der Waals surface area contributed by atoms with Crippen LogP contribution in [0.2, 0.25) is 0 Å². The standard InChI is InChI=1S/C29H31N3O3/c1-31-19-21(13-14-26(31)33)24-11-6-12-25-27(28(24)35-23-9-3-2-4-10-23)30-29(20-15-17-34-18-16-20)32(25)22-7-5-8-22/h2-4,6,9-11,13-14,19-20,22H,5,7-8,12,15-18H2,1H3. The number of ether oxygens (including phenoxy) is 2. The Morgan fingerprint density at radius 3 is 2.54 bits per heavy atom. The molecule has 2 aromatic heterocycles. The molecule has 3 aromatic rings. The van der Waals surface area contributed by atoms with E-state index < -0.39 is 0 Å². The molecule has 1 aliphatic heterocycles. The lowest BCUT2D eigenvalue weighted by atomic mass is 9.91. The highest BCUT2D eigenvalue weighted by molar-refractivity contribution is 5.93. The molecule has 1 saturated heterocycles. The van der Waals surface area contributed by atoms with Gasteiger partial charge in [-0.2, -0.15) is 0 Å². The third-order valence-corrected chi connectivity index (χ3v) is 7.48. The van der Waals surface area contributed by atoms with Gasteiger partial charge in [-0.15, -0.1) is 0 Å². The molecule has 0 N–H and O–H groups in total. The van der Waals surface area contributed by atoms with Crippen LogP contribution in [-0.4, -0.2) is 27.3 Å². The number of fused-ring (bicyclic) bond motifs is 1. The number of benzene rings is 1. The minimum absolute atomic E-state index is 0.0331. The number of para-hydroxylation sites is 1. The topological polar surface area (TPSA) is 58.3 Å². The van der Waals surface area contributed by atoms with Crippen LogP contribution >= 0.6 is 0 Å². The normalized spacial score (nSPS) is 18.8. The van der Waals surface area contributed by atoms with Gasteiger partial charge in [-0.1, -0.05) is 30.4 Å². The van der Waals surface area contributed by atoms with Crippen molar-refractivity contribution in [3.05, 3.63) is 93.9 Å². The van der Waals surface area contributed by atoms with Crippen LogP contribution in [0.15, 0.2) is 65.6 Å². The van der Waals surface area contributed by atoms with Gasteiger partial charge in [0.2, 0.25) is 5.56 Å². The van der Waals surface area contributed by atoms with E-state index in [0.717, 1.165) is 60.8 Å². The molecule has 0 atom stereocenters. The number of hydrogen-bond acceptors (Lipinski definition) is 4. The number of nitrogens with zero attached hydrogens (tertiary/aromatic N) is 3. The van der Waals surface area contributed by atoms with E-state index in [2.05, 4.69) is 16.7 Å². The second kappa shape index (κ2) is 9.34. The minimum atomic E-state index is -0.0331. The molecule has 6 nitrogen and oxygen atoms in total. The molecule has 1 aromatic carbocycles. The Kier molecular flexibility index (Phi) is 5.90. The Balaban J connectivity index is 1.56. The number of pyridine rings is 1. The average molecular weight is 470 g/mol. The van der Waals surface area contributed by atoms with Gasteiger partial charge in [0.1, 0.15) is 17.3 Å². The molecule has 0 bridgehead atoms. The van der Waals surface area contributed by atoms with Crippen LogP contribution < -0.4 is 10.3 Å². The summed E-state index contributed by atoms with van der Waals surface area (Å²) in [4.78, 5) is 17.4. The molecule has 6 rings (SSSR count). The average Bonchev–Trinajstić information content (AvgIpc) is 3.11. The van der Waals surface area contributed by atoms with E-state index in [-0.39, 0.29) is 5.56 Å². The Hall–Kier alpha value is -3.38. The first-order valence-corrected chi connectivity index (χ1v) is 12.7. The quantitative estimate of drug-likeness (QED) is 0.511. The maximum atomic E-state index is 12.1. The number of hydrogen-bond donors (Lipinski definition) is 0. The van der Waals surface area contributed by atoms with Crippen molar-refractivity contribution < 1.29 is 9.47 Å². The van der Waals surface area contributed by atoms with Crippen molar-refractivity contribution in [3.63, 3.8) is 0 Å². The van der Waals surface area contributed by atoms with Crippen molar-refractivity contribution in [2.45, 2.75) is 50.5 Å². The number of rotatable bonds is 5. The number of aryl methyl sites for hydroxylation is 1. The molecule has 0 amide bonds. The number of allylic oxidation sites excluding steroid dienone is 3. The van der Waals surface area contributed by atoms with Gasteiger partial charge >= 0.3 is 0 Å². The highest BCUT2D eigenvalue weighted by atomic mass is 16.5. The van der Waals surface area contributed by atoms with Gasteiger partial charge in [-0.25, -0.2) is 4.98 Å². The van der Waals surface area contributed by atoms with Gasteiger partial charge in [0, 0.05) is 62.0 Å². The summed E-state index contributed by atoms with van der Waals surface area (Å²) in [6.45, 7) is 1.58. The summed E-state index contributed by atoms with van der Waals surface area (Å²) in [5.74, 6) is 3.12. The van der Waals surface area contributed by atoms with E-state index in [9.17, 15) is 4.79 Å². The van der Waals surface area contributed by atoms with E-state index in [4.69, 9.17) is 14.5 Å². The van der Waals surface area contributed by atoms with Crippen molar-refractivity contribution >= 4 is 11.3 Å². The van der Waals surface area contributed by atoms with Crippen LogP contribution in [-0.2, 0) is 18.2 Å². The number of imidazole rings is 1. The maximum Gasteiger partial charge on any atom is 0.250 e. The van der Waals surface area contributed by atoms with Crippen molar-refractivity contribution in [1.82, 2.24) is 14.1 Å². The van der Waals surface area contributed by atoms with Crippen molar-refractivity contribution in [1.29, 1.82) is 0 Å². The third kappa shape index (κ3) is 4.16. The van der Waals surface area contributed by atoms with Crippen molar-refractivity contribution in [2.75, 3.05) is 13.2 Å². The SMILES string of the molecule is Cn1cc(C2=C(Oc3ccccc3)c3nc(C4CCOCC4)n(C4CCC4)c3CC=C2)ccc1=O. The summed E-state index contributed by atoms with van der Waals surface area (Å²) in [6, 6.07) is 13.9. The fourth-order valence-corrected chi connectivity index (χ4v) is 5.34. The van der Waals surface area contributed by atoms with Crippen molar-refractivity contribution in [2.24, 2.45) is 7.05 Å². The third-order valence-electron chi connectivity index (χ3n) is 7.48. The van der Waals surface area contributed by atoms with E-state index in [1.165, 1.54) is 30.8 Å². The minimum Gasteiger partial charge on any atom is -0.454 e. The Labute approximate surface area is 205 Å². The Morgan fingerprint density at radius 2 is 1.83 bits per heavy atom. The van der Waals surface area contributed by atoms with Crippen LogP contribution in [0.3, 0.4) is 0 Å². The molecule has 2 aliphatic carbocycles. The van der Waals surface area contributed by atoms with Crippen LogP contribution in [0.5, 0.6) is 5.75 Å². The second-order valence-corrected chi connectivity index (χ2v) is 9.74. The van der Waals surface area contributed by atoms with E-state index in [0.29, 0.717) is 12.0 Å². The van der Waals surface area contributed by atoms with Gasteiger partial charge in [0.15, 0.2) is 5.76 Å². The van der Waals surface area contributed by atoms with E-state index in [1.807, 2.05) is 42.6 Å². The lowest BCUT2D eigenvalue weighted by molar-refractivity contribution is 0.0817.